The first-order valence-corrected chi connectivity index (χ1v) is 7.60. The first-order chi connectivity index (χ1) is 8.42. The number of hydrogen-bond donors (Lipinski definition) is 0. The standard InChI is InChI=1S/C15H23NOS/c1-11-12(2)16(8-7-13(11)17)10-15(3,4)14-6-5-9-18-14/h5-6,9,11-12H,7-8,10H2,1-4H3. The highest BCUT2D eigenvalue weighted by atomic mass is 32.1. The molecule has 3 heteroatoms. The number of piperidine rings is 1. The van der Waals surface area contributed by atoms with Gasteiger partial charge in [-0.2, -0.15) is 0 Å². The largest absolute Gasteiger partial charge is 0.299 e. The number of carbonyl (C=O) groups is 1. The van der Waals surface area contributed by atoms with Gasteiger partial charge in [0.25, 0.3) is 0 Å². The van der Waals surface area contributed by atoms with E-state index in [4.69, 9.17) is 0 Å². The van der Waals surface area contributed by atoms with Gasteiger partial charge in [0, 0.05) is 41.8 Å². The van der Waals surface area contributed by atoms with Crippen LogP contribution < -0.4 is 0 Å². The van der Waals surface area contributed by atoms with Crippen molar-refractivity contribution < 1.29 is 4.79 Å². The summed E-state index contributed by atoms with van der Waals surface area (Å²) in [6.45, 7) is 10.8. The van der Waals surface area contributed by atoms with Crippen LogP contribution in [-0.4, -0.2) is 29.8 Å². The van der Waals surface area contributed by atoms with Gasteiger partial charge in [-0.15, -0.1) is 11.3 Å². The maximum atomic E-state index is 11.7. The molecule has 0 radical (unpaired) electrons. The number of carbonyl (C=O) groups excluding carboxylic acids is 1. The second kappa shape index (κ2) is 5.14. The molecule has 2 unspecified atom stereocenters. The molecule has 18 heavy (non-hydrogen) atoms. The van der Waals surface area contributed by atoms with Gasteiger partial charge in [-0.3, -0.25) is 9.69 Å². The molecule has 0 spiro atoms. The maximum Gasteiger partial charge on any atom is 0.138 e. The Bertz CT molecular complexity index is 410. The van der Waals surface area contributed by atoms with Crippen LogP contribution in [0, 0.1) is 5.92 Å². The maximum absolute atomic E-state index is 11.7. The lowest BCUT2D eigenvalue weighted by Gasteiger charge is -2.41. The zero-order valence-electron chi connectivity index (χ0n) is 11.8. The van der Waals surface area contributed by atoms with E-state index >= 15 is 0 Å². The SMILES string of the molecule is CC1C(=O)CCN(CC(C)(C)c2cccs2)C1C. The summed E-state index contributed by atoms with van der Waals surface area (Å²) in [5.74, 6) is 0.602. The normalized spacial score (nSPS) is 26.6. The smallest absolute Gasteiger partial charge is 0.138 e. The van der Waals surface area contributed by atoms with Crippen LogP contribution in [-0.2, 0) is 10.2 Å². The Morgan fingerprint density at radius 1 is 1.44 bits per heavy atom. The average Bonchev–Trinajstić information content (AvgIpc) is 2.84. The summed E-state index contributed by atoms with van der Waals surface area (Å²) >= 11 is 1.83. The van der Waals surface area contributed by atoms with Gasteiger partial charge in [-0.1, -0.05) is 26.8 Å². The van der Waals surface area contributed by atoms with Gasteiger partial charge in [0.05, 0.1) is 0 Å². The van der Waals surface area contributed by atoms with Crippen molar-refractivity contribution in [2.24, 2.45) is 5.92 Å². The molecule has 1 fully saturated rings. The minimum Gasteiger partial charge on any atom is -0.299 e. The predicted molar refractivity (Wildman–Crippen MR) is 77.2 cm³/mol. The predicted octanol–water partition coefficient (Wildman–Crippen LogP) is 3.33. The minimum absolute atomic E-state index is 0.169. The summed E-state index contributed by atoms with van der Waals surface area (Å²) in [6.07, 6.45) is 0.714. The third-order valence-electron chi connectivity index (χ3n) is 4.24. The van der Waals surface area contributed by atoms with E-state index < -0.39 is 0 Å². The van der Waals surface area contributed by atoms with Crippen molar-refractivity contribution in [2.75, 3.05) is 13.1 Å². The van der Waals surface area contributed by atoms with E-state index in [-0.39, 0.29) is 11.3 Å². The van der Waals surface area contributed by atoms with Gasteiger partial charge >= 0.3 is 0 Å². The van der Waals surface area contributed by atoms with Gasteiger partial charge in [-0.05, 0) is 18.4 Å². The summed E-state index contributed by atoms with van der Waals surface area (Å²) < 4.78 is 0. The van der Waals surface area contributed by atoms with Crippen molar-refractivity contribution in [3.63, 3.8) is 0 Å². The number of hydrogen-bond acceptors (Lipinski definition) is 3. The highest BCUT2D eigenvalue weighted by molar-refractivity contribution is 7.10. The minimum atomic E-state index is 0.169. The van der Waals surface area contributed by atoms with Gasteiger partial charge in [-0.25, -0.2) is 0 Å². The van der Waals surface area contributed by atoms with Crippen LogP contribution in [0.1, 0.15) is 39.0 Å². The molecule has 1 saturated heterocycles. The second-order valence-electron chi connectivity index (χ2n) is 6.08. The molecule has 1 aromatic heterocycles. The highest BCUT2D eigenvalue weighted by Crippen LogP contribution is 2.31. The van der Waals surface area contributed by atoms with Crippen molar-refractivity contribution in [2.45, 2.75) is 45.6 Å². The van der Waals surface area contributed by atoms with Crippen LogP contribution >= 0.6 is 11.3 Å². The van der Waals surface area contributed by atoms with Crippen LogP contribution in [0.2, 0.25) is 0 Å². The van der Waals surface area contributed by atoms with Crippen molar-refractivity contribution >= 4 is 17.1 Å². The Kier molecular flexibility index (Phi) is 3.93. The number of thiophene rings is 1. The second-order valence-corrected chi connectivity index (χ2v) is 7.02. The molecule has 1 aromatic rings. The molecule has 100 valence electrons. The van der Waals surface area contributed by atoms with E-state index in [1.165, 1.54) is 4.88 Å². The van der Waals surface area contributed by atoms with Crippen molar-refractivity contribution in [3.05, 3.63) is 22.4 Å². The third kappa shape index (κ3) is 2.67. The Morgan fingerprint density at radius 2 is 2.17 bits per heavy atom. The Hall–Kier alpha value is -0.670. The lowest BCUT2D eigenvalue weighted by Crippen LogP contribution is -2.50. The van der Waals surface area contributed by atoms with Crippen molar-refractivity contribution in [1.29, 1.82) is 0 Å². The molecule has 2 rings (SSSR count). The van der Waals surface area contributed by atoms with E-state index in [1.807, 2.05) is 11.3 Å². The molecule has 2 heterocycles. The molecule has 0 N–H and O–H groups in total. The summed E-state index contributed by atoms with van der Waals surface area (Å²) in [4.78, 5) is 15.6. The molecule has 2 nitrogen and oxygen atoms in total. The lowest BCUT2D eigenvalue weighted by molar-refractivity contribution is -0.128. The van der Waals surface area contributed by atoms with Gasteiger partial charge in [0.15, 0.2) is 0 Å². The van der Waals surface area contributed by atoms with E-state index in [0.717, 1.165) is 13.1 Å². The first kappa shape index (κ1) is 13.8. The van der Waals surface area contributed by atoms with Gasteiger partial charge in [0.1, 0.15) is 5.78 Å². The van der Waals surface area contributed by atoms with Crippen LogP contribution in [0.4, 0.5) is 0 Å². The molecule has 0 aliphatic carbocycles. The van der Waals surface area contributed by atoms with E-state index in [9.17, 15) is 4.79 Å². The number of Topliss-reactive ketones (excluding diaryl/α,β-unsaturated/α-hetero) is 1. The van der Waals surface area contributed by atoms with Crippen molar-refractivity contribution in [1.82, 2.24) is 4.90 Å². The summed E-state index contributed by atoms with van der Waals surface area (Å²) in [6, 6.07) is 4.70. The fourth-order valence-corrected chi connectivity index (χ4v) is 3.59. The lowest BCUT2D eigenvalue weighted by atomic mass is 9.85. The molecule has 2 atom stereocenters. The molecular formula is C15H23NOS. The van der Waals surface area contributed by atoms with Gasteiger partial charge in [0.2, 0.25) is 0 Å². The molecular weight excluding hydrogens is 242 g/mol. The zero-order chi connectivity index (χ0) is 13.3. The average molecular weight is 265 g/mol. The molecule has 1 aliphatic rings. The summed E-state index contributed by atoms with van der Waals surface area (Å²) in [7, 11) is 0. The van der Waals surface area contributed by atoms with Crippen LogP contribution in [0.15, 0.2) is 17.5 Å². The van der Waals surface area contributed by atoms with Crippen LogP contribution in [0.5, 0.6) is 0 Å². The quantitative estimate of drug-likeness (QED) is 0.835. The molecule has 0 amide bonds. The Morgan fingerprint density at radius 3 is 2.78 bits per heavy atom. The van der Waals surface area contributed by atoms with Crippen LogP contribution in [0.25, 0.3) is 0 Å². The summed E-state index contributed by atoms with van der Waals surface area (Å²) in [5, 5.41) is 2.14. The summed E-state index contributed by atoms with van der Waals surface area (Å²) in [5.41, 5.74) is 0.169. The van der Waals surface area contributed by atoms with E-state index in [0.29, 0.717) is 18.2 Å². The molecule has 0 bridgehead atoms. The number of likely N-dealkylation sites (tertiary alicyclic amines) is 1. The molecule has 1 aliphatic heterocycles. The molecule has 0 aromatic carbocycles. The van der Waals surface area contributed by atoms with Crippen LogP contribution in [0.3, 0.4) is 0 Å². The zero-order valence-corrected chi connectivity index (χ0v) is 12.6. The highest BCUT2D eigenvalue weighted by Gasteiger charge is 2.34. The van der Waals surface area contributed by atoms with E-state index in [1.54, 1.807) is 0 Å². The molecule has 0 saturated carbocycles. The fourth-order valence-electron chi connectivity index (χ4n) is 2.74. The van der Waals surface area contributed by atoms with E-state index in [2.05, 4.69) is 50.1 Å². The number of nitrogens with zero attached hydrogens (tertiary/aromatic N) is 1. The Labute approximate surface area is 114 Å². The monoisotopic (exact) mass is 265 g/mol. The number of rotatable bonds is 3. The fraction of sp³-hybridized carbons (Fsp3) is 0.667. The topological polar surface area (TPSA) is 20.3 Å². The van der Waals surface area contributed by atoms with Gasteiger partial charge < -0.3 is 0 Å². The first-order valence-electron chi connectivity index (χ1n) is 6.72. The van der Waals surface area contributed by atoms with Crippen molar-refractivity contribution in [3.8, 4) is 0 Å². The number of ketones is 1. The third-order valence-corrected chi connectivity index (χ3v) is 5.48. The Balaban J connectivity index is 2.07.